The van der Waals surface area contributed by atoms with Gasteiger partial charge in [-0.25, -0.2) is 4.79 Å². The third-order valence-corrected chi connectivity index (χ3v) is 21.6. The quantitative estimate of drug-likeness (QED) is 0.0153. The number of nitrogens with one attached hydrogen (secondary N) is 17. The highest BCUT2D eigenvalue weighted by Crippen LogP contribution is 2.24. The Morgan fingerprint density at radius 2 is 0.701 bits per heavy atom. The zero-order valence-corrected chi connectivity index (χ0v) is 74.9. The molecular weight excluding hydrogens is 1830 g/mol. The molecule has 20 amide bonds. The molecule has 0 spiro atoms. The van der Waals surface area contributed by atoms with Gasteiger partial charge in [0, 0.05) is 45.6 Å². The molecule has 4 rings (SSSR count). The third kappa shape index (κ3) is 38.3. The lowest BCUT2D eigenvalue weighted by Gasteiger charge is -2.31. The molecule has 137 heavy (non-hydrogen) atoms. The van der Waals surface area contributed by atoms with Crippen LogP contribution in [0.4, 0.5) is 0 Å². The summed E-state index contributed by atoms with van der Waals surface area (Å²) in [7, 11) is 0. The Balaban J connectivity index is 1.40. The van der Waals surface area contributed by atoms with Gasteiger partial charge < -0.3 is 168 Å². The first kappa shape index (κ1) is 115. The molecule has 4 aliphatic rings. The lowest BCUT2D eigenvalue weighted by Crippen LogP contribution is -2.61. The molecule has 0 radical (unpaired) electrons. The van der Waals surface area contributed by atoms with Crippen LogP contribution >= 0.6 is 0 Å². The van der Waals surface area contributed by atoms with E-state index in [1.54, 1.807) is 13.8 Å². The number of carbonyl (C=O) groups is 26. The minimum absolute atomic E-state index is 0.0230. The van der Waals surface area contributed by atoms with E-state index in [-0.39, 0.29) is 90.0 Å². The Morgan fingerprint density at radius 3 is 1.18 bits per heavy atom. The van der Waals surface area contributed by atoms with Crippen LogP contribution in [0.3, 0.4) is 0 Å². The minimum Gasteiger partial charge on any atom is -0.481 e. The number of hydrogen-bond acceptors (Lipinski definition) is 31. The summed E-state index contributed by atoms with van der Waals surface area (Å²) in [5, 5.41) is 130. The standard InChI is InChI=1S/C78H120N24O35/c1-35(2)23-41(64(123)86-30-55(109)99-19-5-10-48(99)72(131)87-31-56(110)100-20-8-13-51(100)77(136)137)89-54(108)29-85-73(132)49-11-6-21-101(49)76(135)47(34-105)98-62(121)36(3)88-66(125)38(14-16-52(80)106)92-74(133)50-12-7-22-102(50)75(134)40(9-4-18-83-78(81)82)93-68(127)43(25-59(115)116)90-53(107)28-84-65(124)42(24-58(113)114)95-71(130)46(33-104)97-70(129)45(27-61(119)120)96-67(126)39(15-17-57(111)112)91-69(128)44(26-60(117)118)94-63(122)37(79)32-103/h35-51,103-105H,4-34,79H2,1-3H3,(H2,80,106)(H,84,124)(H,85,132)(H,86,123)(H,87,131)(H,88,125)(H,89,108)(H,90,107)(H,91,128)(H,92,133)(H,93,127)(H,94,122)(H,95,130)(H,96,126)(H,97,129)(H,98,121)(H,111,112)(H,113,114)(H,115,116)(H,117,118)(H,119,120)(H,136,137)(H4,81,82,83)/t36-,37-,38-,39-,40-,41-,42-,43-,44-,45-,46-,47-,48-,49-,50-,51-/m0/s1. The Bertz CT molecular complexity index is 4480. The molecular formula is C78H120N24O35. The number of likely N-dealkylation sites (tertiary alicyclic amines) is 4. The van der Waals surface area contributed by atoms with Crippen molar-refractivity contribution in [3.8, 4) is 0 Å². The smallest absolute Gasteiger partial charge is 0.326 e. The van der Waals surface area contributed by atoms with Crippen molar-refractivity contribution < 1.29 is 171 Å². The van der Waals surface area contributed by atoms with Crippen LogP contribution in [0.2, 0.25) is 0 Å². The molecule has 4 heterocycles. The molecule has 16 atom stereocenters. The third-order valence-electron chi connectivity index (χ3n) is 21.6. The second-order valence-corrected chi connectivity index (χ2v) is 32.6. The van der Waals surface area contributed by atoms with Gasteiger partial charge in [-0.05, 0) is 96.3 Å². The number of hydrogen-bond donors (Lipinski definition) is 29. The number of aliphatic hydroxyl groups excluding tert-OH is 3. The highest BCUT2D eigenvalue weighted by atomic mass is 16.4. The number of amides is 20. The van der Waals surface area contributed by atoms with Crippen LogP contribution in [-0.4, -0.2) is 401 Å². The molecule has 4 saturated heterocycles. The number of guanidine groups is 1. The van der Waals surface area contributed by atoms with Crippen molar-refractivity contribution in [1.29, 1.82) is 5.41 Å². The first-order valence-corrected chi connectivity index (χ1v) is 43.3. The summed E-state index contributed by atoms with van der Waals surface area (Å²) in [6.07, 6.45) is -7.13. The van der Waals surface area contributed by atoms with E-state index in [0.29, 0.717) is 12.8 Å². The number of nitrogens with zero attached hydrogens (tertiary/aromatic N) is 4. The molecule has 0 aromatic rings. The highest BCUT2D eigenvalue weighted by molar-refractivity contribution is 6.03. The predicted octanol–water partition coefficient (Wildman–Crippen LogP) is -15.5. The SMILES string of the molecule is CC(C)C[C@H](NC(=O)CNC(=O)[C@@H]1CCCN1C(=O)[C@H](CO)NC(=O)[C@H](C)NC(=O)[C@H](CCC(N)=O)NC(=O)[C@@H]1CCCN1C(=O)[C@H](CCCNC(=N)N)NC(=O)[C@H](CC(=O)O)NC(=O)CNC(=O)[C@H](CC(=O)O)NC(=O)[C@H](CO)NC(=O)[C@H](CC(=O)O)NC(=O)[C@H](CCC(=O)O)NC(=O)[C@H](CC(=O)O)NC(=O)[C@@H](N)CO)C(=O)NCC(=O)N1CCC[C@H]1C(=O)NCC(=O)N1CCC[C@H]1C(=O)O. The summed E-state index contributed by atoms with van der Waals surface area (Å²) in [5.41, 5.74) is 16.3. The van der Waals surface area contributed by atoms with Crippen LogP contribution < -0.4 is 102 Å². The monoisotopic (exact) mass is 1950 g/mol. The average Bonchev–Trinajstić information content (AvgIpc) is 1.71. The minimum atomic E-state index is -2.32. The second kappa shape index (κ2) is 56.5. The van der Waals surface area contributed by atoms with Gasteiger partial charge in [-0.3, -0.25) is 125 Å². The van der Waals surface area contributed by atoms with Gasteiger partial charge in [0.15, 0.2) is 5.96 Å². The maximum absolute atomic E-state index is 14.7. The van der Waals surface area contributed by atoms with E-state index in [9.17, 15) is 171 Å². The molecule has 0 bridgehead atoms. The van der Waals surface area contributed by atoms with E-state index in [1.165, 1.54) is 4.90 Å². The number of carbonyl (C=O) groups excluding carboxylic acids is 20. The van der Waals surface area contributed by atoms with E-state index in [2.05, 4.69) is 47.9 Å². The number of carboxylic acids is 6. The van der Waals surface area contributed by atoms with Gasteiger partial charge in [-0.1, -0.05) is 13.8 Å². The van der Waals surface area contributed by atoms with Gasteiger partial charge in [0.1, 0.15) is 96.7 Å². The van der Waals surface area contributed by atoms with Crippen LogP contribution in [-0.2, 0) is 125 Å². The van der Waals surface area contributed by atoms with Gasteiger partial charge in [-0.2, -0.15) is 0 Å². The Labute approximate surface area is 779 Å². The molecule has 4 fully saturated rings. The van der Waals surface area contributed by atoms with Crippen LogP contribution in [0.1, 0.15) is 143 Å². The molecule has 32 N–H and O–H groups in total. The van der Waals surface area contributed by atoms with Crippen molar-refractivity contribution in [3.63, 3.8) is 0 Å². The fourth-order valence-electron chi connectivity index (χ4n) is 14.7. The maximum Gasteiger partial charge on any atom is 0.326 e. The van der Waals surface area contributed by atoms with E-state index in [4.69, 9.17) is 22.6 Å². The molecule has 4 aliphatic heterocycles. The summed E-state index contributed by atoms with van der Waals surface area (Å²) in [6, 6.07) is -27.9. The molecule has 0 aromatic heterocycles. The van der Waals surface area contributed by atoms with Crippen molar-refractivity contribution in [2.24, 2.45) is 23.1 Å². The van der Waals surface area contributed by atoms with E-state index in [0.717, 1.165) is 21.6 Å². The van der Waals surface area contributed by atoms with Gasteiger partial charge in [0.05, 0.1) is 71.7 Å². The van der Waals surface area contributed by atoms with Crippen molar-refractivity contribution in [3.05, 3.63) is 0 Å². The largest absolute Gasteiger partial charge is 0.481 e. The average molecular weight is 1950 g/mol. The van der Waals surface area contributed by atoms with Crippen LogP contribution in [0.5, 0.6) is 0 Å². The van der Waals surface area contributed by atoms with E-state index >= 15 is 0 Å². The molecule has 0 aromatic carbocycles. The molecule has 59 nitrogen and oxygen atoms in total. The van der Waals surface area contributed by atoms with Crippen LogP contribution in [0.25, 0.3) is 0 Å². The normalized spacial score (nSPS) is 18.0. The number of nitrogens with two attached hydrogens (primary N) is 3. The second-order valence-electron chi connectivity index (χ2n) is 32.6. The lowest BCUT2D eigenvalue weighted by atomic mass is 10.0. The Kier molecular flexibility index (Phi) is 47.3. The van der Waals surface area contributed by atoms with Gasteiger partial charge in [-0.15, -0.1) is 0 Å². The first-order chi connectivity index (χ1) is 64.4. The molecule has 0 unspecified atom stereocenters. The van der Waals surface area contributed by atoms with E-state index < -0.39 is 360 Å². The highest BCUT2D eigenvalue weighted by Gasteiger charge is 2.45. The summed E-state index contributed by atoms with van der Waals surface area (Å²) in [4.78, 5) is 346. The van der Waals surface area contributed by atoms with Crippen LogP contribution in [0, 0.1) is 11.3 Å². The molecule has 0 aliphatic carbocycles. The van der Waals surface area contributed by atoms with Crippen molar-refractivity contribution in [2.45, 2.75) is 239 Å². The van der Waals surface area contributed by atoms with Crippen LogP contribution in [0.15, 0.2) is 0 Å². The number of aliphatic carboxylic acids is 6. The number of rotatable bonds is 58. The molecule has 59 heteroatoms. The van der Waals surface area contributed by atoms with Gasteiger partial charge >= 0.3 is 35.8 Å². The first-order valence-electron chi connectivity index (χ1n) is 43.3. The van der Waals surface area contributed by atoms with Gasteiger partial charge in [0.25, 0.3) is 0 Å². The van der Waals surface area contributed by atoms with Gasteiger partial charge in [0.2, 0.25) is 118 Å². The number of aliphatic hydroxyl groups is 3. The fourth-order valence-corrected chi connectivity index (χ4v) is 14.7. The lowest BCUT2D eigenvalue weighted by molar-refractivity contribution is -0.148. The summed E-state index contributed by atoms with van der Waals surface area (Å²) in [6.45, 7) is -2.24. The molecule has 762 valence electrons. The zero-order valence-electron chi connectivity index (χ0n) is 74.9. The molecule has 0 saturated carbocycles. The van der Waals surface area contributed by atoms with Crippen molar-refractivity contribution in [1.82, 2.24) is 105 Å². The topological polar surface area (TPSA) is 933 Å². The number of primary amides is 1. The fraction of sp³-hybridized carbons (Fsp3) is 0.654. The summed E-state index contributed by atoms with van der Waals surface area (Å²) < 4.78 is 0. The Morgan fingerprint density at radius 1 is 0.343 bits per heavy atom. The zero-order chi connectivity index (χ0) is 103. The van der Waals surface area contributed by atoms with Crippen molar-refractivity contribution in [2.75, 3.05) is 78.7 Å². The Hall–Kier alpha value is -14.7. The van der Waals surface area contributed by atoms with Crippen molar-refractivity contribution >= 4 is 160 Å². The van der Waals surface area contributed by atoms with E-state index in [1.807, 2.05) is 37.2 Å². The predicted molar refractivity (Wildman–Crippen MR) is 458 cm³/mol. The maximum atomic E-state index is 14.7. The number of carboxylic acid groups (broad SMARTS) is 6. The summed E-state index contributed by atoms with van der Waals surface area (Å²) in [5.74, 6) is -33.5. The summed E-state index contributed by atoms with van der Waals surface area (Å²) >= 11 is 0.